The van der Waals surface area contributed by atoms with E-state index in [-0.39, 0.29) is 31.2 Å². The molecule has 2 N–H and O–H groups in total. The van der Waals surface area contributed by atoms with Crippen molar-refractivity contribution in [1.29, 1.82) is 0 Å². The van der Waals surface area contributed by atoms with E-state index in [0.717, 1.165) is 18.4 Å². The maximum absolute atomic E-state index is 12.5. The minimum atomic E-state index is -0.804. The summed E-state index contributed by atoms with van der Waals surface area (Å²) in [5.41, 5.74) is 1.04. The molecule has 0 spiro atoms. The third-order valence-corrected chi connectivity index (χ3v) is 5.56. The zero-order chi connectivity index (χ0) is 21.1. The van der Waals surface area contributed by atoms with Gasteiger partial charge in [0.1, 0.15) is 4.32 Å². The second kappa shape index (κ2) is 12.2. The molecule has 0 bridgehead atoms. The fourth-order valence-corrected chi connectivity index (χ4v) is 3.89. The number of allylic oxidation sites excluding steroid dienone is 2. The molecule has 1 heterocycles. The molecular weight excluding hydrogens is 408 g/mol. The third-order valence-electron chi connectivity index (χ3n) is 4.16. The summed E-state index contributed by atoms with van der Waals surface area (Å²) in [6.45, 7) is 0.746. The first-order chi connectivity index (χ1) is 14.0. The Hall–Kier alpha value is -2.45. The third kappa shape index (κ3) is 8.21. The van der Waals surface area contributed by atoms with Crippen LogP contribution in [0.3, 0.4) is 0 Å². The highest BCUT2D eigenvalue weighted by Gasteiger charge is 2.31. The van der Waals surface area contributed by atoms with Crippen LogP contribution in [0.2, 0.25) is 0 Å². The summed E-state index contributed by atoms with van der Waals surface area (Å²) < 4.78 is 0.454. The number of amides is 2. The molecule has 2 rings (SSSR count). The maximum Gasteiger partial charge on any atom is 0.303 e. The van der Waals surface area contributed by atoms with E-state index >= 15 is 0 Å². The summed E-state index contributed by atoms with van der Waals surface area (Å²) in [4.78, 5) is 36.9. The molecule has 6 nitrogen and oxygen atoms in total. The second-order valence-corrected chi connectivity index (χ2v) is 8.11. The van der Waals surface area contributed by atoms with Crippen LogP contribution in [0.25, 0.3) is 6.08 Å². The lowest BCUT2D eigenvalue weighted by Gasteiger charge is -2.14. The van der Waals surface area contributed by atoms with E-state index in [2.05, 4.69) is 5.32 Å². The Morgan fingerprint density at radius 3 is 2.62 bits per heavy atom. The van der Waals surface area contributed by atoms with Gasteiger partial charge in [0.2, 0.25) is 5.91 Å². The van der Waals surface area contributed by atoms with Gasteiger partial charge in [0.25, 0.3) is 5.91 Å². The van der Waals surface area contributed by atoms with Crippen molar-refractivity contribution in [1.82, 2.24) is 10.2 Å². The van der Waals surface area contributed by atoms with Crippen LogP contribution in [0.1, 0.15) is 37.7 Å². The molecular formula is C21H24N2O4S2. The molecule has 0 saturated carbocycles. The number of thioether (sulfide) groups is 1. The topological polar surface area (TPSA) is 86.7 Å². The Morgan fingerprint density at radius 2 is 1.90 bits per heavy atom. The molecule has 1 aromatic rings. The summed E-state index contributed by atoms with van der Waals surface area (Å²) >= 11 is 6.51. The molecule has 1 saturated heterocycles. The SMILES string of the molecule is O=C(O)CCCCCNC(=O)CCN1C(=O)/C(=C\C=C/c2ccccc2)SC1=S. The van der Waals surface area contributed by atoms with E-state index in [1.807, 2.05) is 42.5 Å². The monoisotopic (exact) mass is 432 g/mol. The normalized spacial score (nSPS) is 15.4. The number of carboxylic acids is 1. The van der Waals surface area contributed by atoms with E-state index < -0.39 is 5.97 Å². The lowest BCUT2D eigenvalue weighted by molar-refractivity contribution is -0.137. The van der Waals surface area contributed by atoms with Crippen LogP contribution in [-0.2, 0) is 14.4 Å². The number of nitrogens with one attached hydrogen (secondary N) is 1. The van der Waals surface area contributed by atoms with Gasteiger partial charge in [-0.2, -0.15) is 0 Å². The molecule has 0 radical (unpaired) electrons. The summed E-state index contributed by atoms with van der Waals surface area (Å²) in [5.74, 6) is -1.13. The number of carbonyl (C=O) groups is 3. The highest BCUT2D eigenvalue weighted by molar-refractivity contribution is 8.26. The molecule has 8 heteroatoms. The van der Waals surface area contributed by atoms with E-state index in [9.17, 15) is 14.4 Å². The van der Waals surface area contributed by atoms with Crippen molar-refractivity contribution in [3.8, 4) is 0 Å². The van der Waals surface area contributed by atoms with Gasteiger partial charge >= 0.3 is 5.97 Å². The van der Waals surface area contributed by atoms with Gasteiger partial charge in [-0.05, 0) is 24.5 Å². The van der Waals surface area contributed by atoms with Gasteiger partial charge in [-0.3, -0.25) is 19.3 Å². The van der Waals surface area contributed by atoms with Crippen molar-refractivity contribution in [2.75, 3.05) is 13.1 Å². The highest BCUT2D eigenvalue weighted by Crippen LogP contribution is 2.31. The molecule has 1 aliphatic heterocycles. The van der Waals surface area contributed by atoms with E-state index in [4.69, 9.17) is 17.3 Å². The predicted octanol–water partition coefficient (Wildman–Crippen LogP) is 3.60. The van der Waals surface area contributed by atoms with Gasteiger partial charge in [0.15, 0.2) is 0 Å². The number of carbonyl (C=O) groups excluding carboxylic acids is 2. The van der Waals surface area contributed by atoms with Gasteiger partial charge < -0.3 is 10.4 Å². The number of benzene rings is 1. The number of aliphatic carboxylic acids is 1. The first kappa shape index (κ1) is 22.8. The minimum absolute atomic E-state index is 0.148. The van der Waals surface area contributed by atoms with Crippen molar-refractivity contribution >= 4 is 52.2 Å². The number of hydrogen-bond acceptors (Lipinski definition) is 5. The summed E-state index contributed by atoms with van der Waals surface area (Å²) in [7, 11) is 0. The molecule has 29 heavy (non-hydrogen) atoms. The van der Waals surface area contributed by atoms with E-state index in [1.165, 1.54) is 16.7 Å². The number of rotatable bonds is 11. The average molecular weight is 433 g/mol. The van der Waals surface area contributed by atoms with Gasteiger partial charge in [0.05, 0.1) is 4.91 Å². The molecule has 0 unspecified atom stereocenters. The first-order valence-electron chi connectivity index (χ1n) is 9.43. The van der Waals surface area contributed by atoms with Gasteiger partial charge in [-0.15, -0.1) is 0 Å². The number of unbranched alkanes of at least 4 members (excludes halogenated alkanes) is 2. The molecule has 1 aliphatic rings. The van der Waals surface area contributed by atoms with Crippen LogP contribution >= 0.6 is 24.0 Å². The van der Waals surface area contributed by atoms with Crippen LogP contribution in [0.5, 0.6) is 0 Å². The van der Waals surface area contributed by atoms with Gasteiger partial charge in [-0.25, -0.2) is 0 Å². The van der Waals surface area contributed by atoms with Crippen molar-refractivity contribution < 1.29 is 19.5 Å². The van der Waals surface area contributed by atoms with Crippen LogP contribution in [0.4, 0.5) is 0 Å². The van der Waals surface area contributed by atoms with Crippen LogP contribution in [-0.4, -0.2) is 45.2 Å². The Kier molecular flexibility index (Phi) is 9.59. The zero-order valence-electron chi connectivity index (χ0n) is 16.0. The Bertz CT molecular complexity index is 806. The fraction of sp³-hybridized carbons (Fsp3) is 0.333. The van der Waals surface area contributed by atoms with Crippen LogP contribution in [0.15, 0.2) is 47.4 Å². The smallest absolute Gasteiger partial charge is 0.303 e. The first-order valence-corrected chi connectivity index (χ1v) is 10.7. The predicted molar refractivity (Wildman–Crippen MR) is 119 cm³/mol. The molecule has 0 aromatic heterocycles. The van der Waals surface area contributed by atoms with Gasteiger partial charge in [0, 0.05) is 25.9 Å². The lowest BCUT2D eigenvalue weighted by atomic mass is 10.2. The number of carboxylic acid groups (broad SMARTS) is 1. The quantitative estimate of drug-likeness (QED) is 0.316. The maximum atomic E-state index is 12.5. The van der Waals surface area contributed by atoms with E-state index in [1.54, 1.807) is 6.08 Å². The number of thiocarbonyl (C=S) groups is 1. The zero-order valence-corrected chi connectivity index (χ0v) is 17.6. The second-order valence-electron chi connectivity index (χ2n) is 6.43. The summed E-state index contributed by atoms with van der Waals surface area (Å²) in [6, 6.07) is 9.78. The van der Waals surface area contributed by atoms with Gasteiger partial charge in [-0.1, -0.05) is 72.9 Å². The molecule has 2 amide bonds. The van der Waals surface area contributed by atoms with Crippen LogP contribution < -0.4 is 5.32 Å². The lowest BCUT2D eigenvalue weighted by Crippen LogP contribution is -2.33. The average Bonchev–Trinajstić information content (AvgIpc) is 2.96. The van der Waals surface area contributed by atoms with Crippen molar-refractivity contribution in [3.05, 3.63) is 53.0 Å². The minimum Gasteiger partial charge on any atom is -0.481 e. The Balaban J connectivity index is 1.72. The van der Waals surface area contributed by atoms with Crippen molar-refractivity contribution in [2.45, 2.75) is 32.1 Å². The Labute approximate surface area is 180 Å². The van der Waals surface area contributed by atoms with E-state index in [0.29, 0.717) is 22.2 Å². The van der Waals surface area contributed by atoms with Crippen LogP contribution in [0, 0.1) is 0 Å². The molecule has 1 aromatic carbocycles. The Morgan fingerprint density at radius 1 is 1.14 bits per heavy atom. The number of hydrogen-bond donors (Lipinski definition) is 2. The highest BCUT2D eigenvalue weighted by atomic mass is 32.2. The molecule has 154 valence electrons. The standard InChI is InChI=1S/C21H24N2O4S2/c24-18(22-14-6-2-5-12-19(25)26)13-15-23-20(27)17(29-21(23)28)11-7-10-16-8-3-1-4-9-16/h1,3-4,7-11H,2,5-6,12-15H2,(H,22,24)(H,25,26)/b10-7-,17-11+. The summed E-state index contributed by atoms with van der Waals surface area (Å²) in [5, 5.41) is 11.4. The molecule has 0 aliphatic carbocycles. The fourth-order valence-electron chi connectivity index (χ4n) is 2.63. The van der Waals surface area contributed by atoms with Crippen molar-refractivity contribution in [3.63, 3.8) is 0 Å². The number of nitrogens with zero attached hydrogens (tertiary/aromatic N) is 1. The van der Waals surface area contributed by atoms with Crippen molar-refractivity contribution in [2.24, 2.45) is 0 Å². The molecule has 1 fully saturated rings. The molecule has 0 atom stereocenters. The summed E-state index contributed by atoms with van der Waals surface area (Å²) in [6.07, 6.45) is 7.88. The largest absolute Gasteiger partial charge is 0.481 e.